The van der Waals surface area contributed by atoms with Gasteiger partial charge in [0.2, 0.25) is 0 Å². The number of H-pyrrole nitrogens is 1. The van der Waals surface area contributed by atoms with Gasteiger partial charge in [0, 0.05) is 30.3 Å². The van der Waals surface area contributed by atoms with E-state index < -0.39 is 17.3 Å². The standard InChI is InChI=1S/C35H50F2N4OS/c1-24(20-29(37)21-25(2)36)30(23-42)38-35(18-14-28(15-19-35)34(6,7)8)41(9)31(16-17-33(3,4)5)27-12-10-26(11-13-27)22-32-39-43-40-32/h10-13,20-21,23,28,31H,2,14-19,22H2,1,3-9H3,(H,39,40)/b24-20+,29-21+,38-30+. The van der Waals surface area contributed by atoms with E-state index >= 15 is 0 Å². The van der Waals surface area contributed by atoms with Crippen molar-refractivity contribution in [1.82, 2.24) is 13.6 Å². The maximum absolute atomic E-state index is 14.4. The molecule has 0 saturated heterocycles. The average molecular weight is 613 g/mol. The molecule has 1 atom stereocenters. The Kier molecular flexibility index (Phi) is 11.6. The van der Waals surface area contributed by atoms with E-state index in [0.29, 0.717) is 23.9 Å². The monoisotopic (exact) mass is 612 g/mol. The number of aromatic nitrogens is 2. The number of benzene rings is 1. The average Bonchev–Trinajstić information content (AvgIpc) is 2.88. The summed E-state index contributed by atoms with van der Waals surface area (Å²) in [5.41, 5.74) is 2.60. The second kappa shape index (κ2) is 14.4. The van der Waals surface area contributed by atoms with Gasteiger partial charge in [-0.3, -0.25) is 19.1 Å². The highest BCUT2D eigenvalue weighted by atomic mass is 32.1. The molecular weight excluding hydrogens is 562 g/mol. The summed E-state index contributed by atoms with van der Waals surface area (Å²) in [6.45, 7) is 18.4. The predicted molar refractivity (Wildman–Crippen MR) is 176 cm³/mol. The number of nitrogens with zero attached hydrogens (tertiary/aromatic N) is 3. The van der Waals surface area contributed by atoms with Crippen molar-refractivity contribution in [2.75, 3.05) is 7.05 Å². The molecule has 0 amide bonds. The number of hydrogen-bond donors (Lipinski definition) is 1. The maximum Gasteiger partial charge on any atom is 0.168 e. The minimum Gasteiger partial charge on any atom is -0.296 e. The minimum absolute atomic E-state index is 0.0571. The maximum atomic E-state index is 14.4. The van der Waals surface area contributed by atoms with Crippen LogP contribution in [0.4, 0.5) is 8.78 Å². The second-order valence-corrected chi connectivity index (χ2v) is 15.0. The van der Waals surface area contributed by atoms with Crippen molar-refractivity contribution in [2.45, 2.75) is 105 Å². The van der Waals surface area contributed by atoms with Crippen LogP contribution < -0.4 is 0 Å². The van der Waals surface area contributed by atoms with E-state index in [-0.39, 0.29) is 22.6 Å². The fourth-order valence-corrected chi connectivity index (χ4v) is 6.42. The topological polar surface area (TPSA) is 61.4 Å². The minimum atomic E-state index is -0.883. The summed E-state index contributed by atoms with van der Waals surface area (Å²) in [7, 11) is 2.13. The van der Waals surface area contributed by atoms with E-state index in [4.69, 9.17) is 4.99 Å². The highest BCUT2D eigenvalue weighted by molar-refractivity contribution is 7.00. The third kappa shape index (κ3) is 9.90. The van der Waals surface area contributed by atoms with Crippen LogP contribution in [0.25, 0.3) is 0 Å². The lowest BCUT2D eigenvalue weighted by Gasteiger charge is -2.49. The Labute approximate surface area is 261 Å². The molecule has 3 rings (SSSR count). The van der Waals surface area contributed by atoms with Crippen LogP contribution in [0.2, 0.25) is 0 Å². The van der Waals surface area contributed by atoms with Gasteiger partial charge < -0.3 is 0 Å². The van der Waals surface area contributed by atoms with E-state index in [1.807, 2.05) is 0 Å². The molecule has 0 bridgehead atoms. The molecule has 1 aliphatic carbocycles. The van der Waals surface area contributed by atoms with E-state index in [9.17, 15) is 13.6 Å². The molecular formula is C35H50F2N4OS. The number of rotatable bonds is 12. The van der Waals surface area contributed by atoms with Gasteiger partial charge in [-0.05, 0) is 92.0 Å². The van der Waals surface area contributed by atoms with Gasteiger partial charge in [-0.15, -0.1) is 0 Å². The molecule has 0 spiro atoms. The number of hydrogen-bond acceptors (Lipinski definition) is 5. The van der Waals surface area contributed by atoms with Crippen molar-refractivity contribution < 1.29 is 13.6 Å². The third-order valence-electron chi connectivity index (χ3n) is 8.85. The van der Waals surface area contributed by atoms with E-state index in [1.165, 1.54) is 22.9 Å². The number of allylic oxidation sites excluding steroid dienone is 5. The Morgan fingerprint density at radius 2 is 1.77 bits per heavy atom. The molecule has 0 aliphatic heterocycles. The Morgan fingerprint density at radius 3 is 2.23 bits per heavy atom. The van der Waals surface area contributed by atoms with Gasteiger partial charge in [-0.2, -0.15) is 4.37 Å². The summed E-state index contributed by atoms with van der Waals surface area (Å²) in [6.07, 6.45) is 8.77. The highest BCUT2D eigenvalue weighted by Gasteiger charge is 2.44. The zero-order chi connectivity index (χ0) is 32.0. The molecule has 1 aliphatic rings. The number of aldehydes is 1. The number of aliphatic imine (C=N–C) groups is 1. The van der Waals surface area contributed by atoms with Gasteiger partial charge in [0.15, 0.2) is 6.29 Å². The molecule has 2 aromatic rings. The van der Waals surface area contributed by atoms with Gasteiger partial charge in [-0.25, -0.2) is 8.78 Å². The Bertz CT molecular complexity index is 1300. The van der Waals surface area contributed by atoms with E-state index in [1.54, 1.807) is 6.92 Å². The lowest BCUT2D eigenvalue weighted by Crippen LogP contribution is -2.51. The molecule has 236 valence electrons. The fraction of sp³-hybridized carbons (Fsp3) is 0.571. The normalized spacial score (nSPS) is 21.7. The second-order valence-electron chi connectivity index (χ2n) is 14.4. The largest absolute Gasteiger partial charge is 0.296 e. The number of nitrogens with one attached hydrogen (secondary N) is 1. The number of halogens is 2. The van der Waals surface area contributed by atoms with Crippen LogP contribution in [-0.2, 0) is 11.2 Å². The third-order valence-corrected chi connectivity index (χ3v) is 9.49. The van der Waals surface area contributed by atoms with Crippen LogP contribution in [0.1, 0.15) is 110 Å². The summed E-state index contributed by atoms with van der Waals surface area (Å²) in [4.78, 5) is 20.0. The Hall–Kier alpha value is -2.71. The van der Waals surface area contributed by atoms with Gasteiger partial charge in [0.05, 0.1) is 0 Å². The molecule has 1 N–H and O–H groups in total. The zero-order valence-electron chi connectivity index (χ0n) is 27.3. The molecule has 1 aromatic heterocycles. The lowest BCUT2D eigenvalue weighted by molar-refractivity contribution is -0.102. The summed E-state index contributed by atoms with van der Waals surface area (Å²) in [5, 5.41) is 0. The van der Waals surface area contributed by atoms with Crippen LogP contribution >= 0.6 is 11.7 Å². The smallest absolute Gasteiger partial charge is 0.168 e. The van der Waals surface area contributed by atoms with Crippen molar-refractivity contribution in [3.63, 3.8) is 0 Å². The first-order valence-electron chi connectivity index (χ1n) is 15.3. The lowest BCUT2D eigenvalue weighted by atomic mass is 9.69. The van der Waals surface area contributed by atoms with Crippen molar-refractivity contribution in [3.05, 3.63) is 77.2 Å². The summed E-state index contributed by atoms with van der Waals surface area (Å²) >= 11 is 1.36. The number of carbonyl (C=O) groups excluding carboxylic acids is 1. The first-order chi connectivity index (χ1) is 20.0. The molecule has 1 heterocycles. The van der Waals surface area contributed by atoms with E-state index in [2.05, 4.69) is 93.1 Å². The Morgan fingerprint density at radius 1 is 1.16 bits per heavy atom. The molecule has 43 heavy (non-hydrogen) atoms. The van der Waals surface area contributed by atoms with Crippen LogP contribution in [-0.4, -0.2) is 38.4 Å². The van der Waals surface area contributed by atoms with Gasteiger partial charge in [0.25, 0.3) is 0 Å². The molecule has 1 saturated carbocycles. The number of carbonyl (C=O) groups is 1. The van der Waals surface area contributed by atoms with Gasteiger partial charge in [0.1, 0.15) is 28.9 Å². The summed E-state index contributed by atoms with van der Waals surface area (Å²) in [6, 6.07) is 8.81. The molecule has 5 nitrogen and oxygen atoms in total. The van der Waals surface area contributed by atoms with Crippen LogP contribution in [0.3, 0.4) is 0 Å². The van der Waals surface area contributed by atoms with E-state index in [0.717, 1.165) is 56.8 Å². The van der Waals surface area contributed by atoms with Crippen molar-refractivity contribution in [3.8, 4) is 0 Å². The predicted octanol–water partition coefficient (Wildman–Crippen LogP) is 9.72. The van der Waals surface area contributed by atoms with Gasteiger partial charge in [-0.1, -0.05) is 72.4 Å². The fourth-order valence-electron chi connectivity index (χ4n) is 6.07. The molecule has 1 aromatic carbocycles. The van der Waals surface area contributed by atoms with Crippen molar-refractivity contribution in [2.24, 2.45) is 21.7 Å². The van der Waals surface area contributed by atoms with Crippen LogP contribution in [0, 0.1) is 16.7 Å². The number of aromatic amines is 1. The SMILES string of the molecule is C=C(F)\C=C(F)/C=C(C)/C(C=O)=N/C1(N(C)C(CCC(C)(C)C)c2ccc(Cc3ns[nH]3)cc2)CCC(C(C)(C)C)CC1. The van der Waals surface area contributed by atoms with Gasteiger partial charge >= 0.3 is 0 Å². The zero-order valence-corrected chi connectivity index (χ0v) is 28.1. The quantitative estimate of drug-likeness (QED) is 0.147. The molecule has 1 fully saturated rings. The van der Waals surface area contributed by atoms with Crippen LogP contribution in [0.15, 0.2) is 65.2 Å². The molecule has 1 unspecified atom stereocenters. The first-order valence-corrected chi connectivity index (χ1v) is 16.1. The first kappa shape index (κ1) is 34.8. The highest BCUT2D eigenvalue weighted by Crippen LogP contribution is 2.47. The molecule has 8 heteroatoms. The summed E-state index contributed by atoms with van der Waals surface area (Å²) in [5.74, 6) is -0.172. The molecule has 0 radical (unpaired) electrons. The van der Waals surface area contributed by atoms with Crippen molar-refractivity contribution >= 4 is 23.7 Å². The van der Waals surface area contributed by atoms with Crippen LogP contribution in [0.5, 0.6) is 0 Å². The summed E-state index contributed by atoms with van der Waals surface area (Å²) < 4.78 is 35.1. The van der Waals surface area contributed by atoms with Crippen molar-refractivity contribution in [1.29, 1.82) is 0 Å². The Balaban J connectivity index is 2.07.